The van der Waals surface area contributed by atoms with Crippen LogP contribution in [-0.2, 0) is 9.59 Å². The lowest BCUT2D eigenvalue weighted by atomic mass is 9.79. The Morgan fingerprint density at radius 3 is 1.70 bits per heavy atom. The number of aliphatic carboxylic acids is 1. The molecule has 8 nitrogen and oxygen atoms in total. The number of carboxylic acids is 1. The van der Waals surface area contributed by atoms with E-state index in [0.717, 1.165) is 69.9 Å². The average Bonchev–Trinajstić information content (AvgIpc) is 2.89. The first-order valence-electron chi connectivity index (χ1n) is 14.8. The van der Waals surface area contributed by atoms with Crippen molar-refractivity contribution in [2.24, 2.45) is 5.92 Å². The number of carbonyl (C=O) groups excluding carboxylic acids is 2. The van der Waals surface area contributed by atoms with Gasteiger partial charge in [-0.15, -0.1) is 0 Å². The lowest BCUT2D eigenvalue weighted by Gasteiger charge is -2.09. The van der Waals surface area contributed by atoms with E-state index in [1.165, 1.54) is 25.7 Å². The number of halogens is 2. The Hall–Kier alpha value is -2.53. The first kappa shape index (κ1) is 35.5. The van der Waals surface area contributed by atoms with Gasteiger partial charge in [-0.05, 0) is 43.3 Å². The van der Waals surface area contributed by atoms with Crippen LogP contribution in [-0.4, -0.2) is 53.1 Å². The highest BCUT2D eigenvalue weighted by Crippen LogP contribution is 2.14. The summed E-state index contributed by atoms with van der Waals surface area (Å²) >= 11 is 0. The molecule has 0 saturated heterocycles. The summed E-state index contributed by atoms with van der Waals surface area (Å²) in [7, 11) is -2.01. The third-order valence-electron chi connectivity index (χ3n) is 7.01. The monoisotopic (exact) mass is 568 g/mol. The van der Waals surface area contributed by atoms with Gasteiger partial charge in [-0.3, -0.25) is 14.4 Å². The van der Waals surface area contributed by atoms with Gasteiger partial charge in [0.15, 0.2) is 0 Å². The molecular weight excluding hydrogens is 521 g/mol. The Labute approximate surface area is 237 Å². The summed E-state index contributed by atoms with van der Waals surface area (Å²) in [4.78, 5) is 34.7. The molecule has 1 rings (SSSR count). The fourth-order valence-electron chi connectivity index (χ4n) is 4.44. The summed E-state index contributed by atoms with van der Waals surface area (Å²) in [6.07, 6.45) is 15.5. The molecule has 1 atom stereocenters. The third kappa shape index (κ3) is 15.9. The predicted molar refractivity (Wildman–Crippen MR) is 152 cm³/mol. The zero-order valence-electron chi connectivity index (χ0n) is 23.9. The van der Waals surface area contributed by atoms with Crippen molar-refractivity contribution in [3.63, 3.8) is 0 Å². The molecule has 40 heavy (non-hydrogen) atoms. The number of hydrogen-bond acceptors (Lipinski definition) is 5. The number of amides is 2. The van der Waals surface area contributed by atoms with Crippen molar-refractivity contribution in [3.8, 4) is 0 Å². The van der Waals surface area contributed by atoms with Crippen LogP contribution in [0.2, 0.25) is 0 Å². The van der Waals surface area contributed by atoms with Gasteiger partial charge >= 0.3 is 13.1 Å². The van der Waals surface area contributed by atoms with E-state index in [1.54, 1.807) is 6.92 Å². The van der Waals surface area contributed by atoms with E-state index in [-0.39, 0.29) is 17.3 Å². The van der Waals surface area contributed by atoms with Crippen LogP contribution in [0.4, 0.5) is 8.78 Å². The molecule has 5 N–H and O–H groups in total. The van der Waals surface area contributed by atoms with E-state index < -0.39 is 36.2 Å². The molecule has 0 fully saturated rings. The minimum Gasteiger partial charge on any atom is -0.481 e. The Morgan fingerprint density at radius 1 is 0.750 bits per heavy atom. The van der Waals surface area contributed by atoms with E-state index in [1.807, 2.05) is 0 Å². The number of rotatable bonds is 23. The molecule has 0 bridgehead atoms. The number of nitrogens with one attached hydrogen (secondary N) is 2. The predicted octanol–water partition coefficient (Wildman–Crippen LogP) is 4.45. The standard InChI is InChI=1S/C29H47BF2N2O6/c1-22(29(37)38)16-13-15-18-33-26(35)17-12-10-8-6-4-2-3-5-7-9-11-14-19-34-28(36)27-24(31)20-23(30(39)40)21-25(27)32/h20-22,39-40H,2-19H2,1H3,(H,33,35)(H,34,36)(H,37,38)/t22-/m0/s1. The van der Waals surface area contributed by atoms with Crippen LogP contribution in [0.25, 0.3) is 0 Å². The van der Waals surface area contributed by atoms with Gasteiger partial charge in [-0.25, -0.2) is 8.78 Å². The van der Waals surface area contributed by atoms with Crippen molar-refractivity contribution in [3.05, 3.63) is 29.3 Å². The fourth-order valence-corrected chi connectivity index (χ4v) is 4.44. The van der Waals surface area contributed by atoms with Crippen molar-refractivity contribution < 1.29 is 38.3 Å². The van der Waals surface area contributed by atoms with Gasteiger partial charge in [0.05, 0.1) is 5.92 Å². The lowest BCUT2D eigenvalue weighted by molar-refractivity contribution is -0.141. The SMILES string of the molecule is C[C@@H](CCCCNC(=O)CCCCCCCCCCCCCCNC(=O)c1c(F)cc(B(O)O)cc1F)C(=O)O. The van der Waals surface area contributed by atoms with Crippen LogP contribution in [0, 0.1) is 17.6 Å². The molecule has 0 aliphatic rings. The summed E-state index contributed by atoms with van der Waals surface area (Å²) in [6, 6.07) is 1.48. The molecule has 2 amide bonds. The molecule has 11 heteroatoms. The molecule has 0 aliphatic heterocycles. The van der Waals surface area contributed by atoms with Crippen molar-refractivity contribution in [1.29, 1.82) is 0 Å². The van der Waals surface area contributed by atoms with Gasteiger partial charge < -0.3 is 25.8 Å². The van der Waals surface area contributed by atoms with Gasteiger partial charge in [-0.1, -0.05) is 77.6 Å². The van der Waals surface area contributed by atoms with Crippen LogP contribution in [0.15, 0.2) is 12.1 Å². The molecule has 0 aromatic heterocycles. The van der Waals surface area contributed by atoms with Gasteiger partial charge in [-0.2, -0.15) is 0 Å². The normalized spacial score (nSPS) is 11.7. The van der Waals surface area contributed by atoms with Gasteiger partial charge in [0.2, 0.25) is 5.91 Å². The van der Waals surface area contributed by atoms with Crippen LogP contribution in [0.1, 0.15) is 120 Å². The summed E-state index contributed by atoms with van der Waals surface area (Å²) in [5, 5.41) is 32.3. The number of carbonyl (C=O) groups is 3. The molecule has 1 aromatic rings. The first-order chi connectivity index (χ1) is 19.1. The Morgan fingerprint density at radius 2 is 1.20 bits per heavy atom. The molecule has 226 valence electrons. The van der Waals surface area contributed by atoms with Crippen LogP contribution in [0.5, 0.6) is 0 Å². The van der Waals surface area contributed by atoms with Crippen LogP contribution < -0.4 is 16.1 Å². The lowest BCUT2D eigenvalue weighted by Crippen LogP contribution is -2.33. The van der Waals surface area contributed by atoms with Gasteiger partial charge in [0, 0.05) is 19.5 Å². The number of benzene rings is 1. The minimum absolute atomic E-state index is 0.0755. The summed E-state index contributed by atoms with van der Waals surface area (Å²) < 4.78 is 27.9. The molecule has 0 heterocycles. The van der Waals surface area contributed by atoms with Crippen molar-refractivity contribution in [2.75, 3.05) is 13.1 Å². The number of hydrogen-bond donors (Lipinski definition) is 5. The maximum atomic E-state index is 14.0. The average molecular weight is 569 g/mol. The third-order valence-corrected chi connectivity index (χ3v) is 7.01. The Kier molecular flexibility index (Phi) is 18.9. The molecular formula is C29H47BF2N2O6. The maximum Gasteiger partial charge on any atom is 0.488 e. The molecule has 1 aromatic carbocycles. The maximum absolute atomic E-state index is 14.0. The van der Waals surface area contributed by atoms with Crippen molar-refractivity contribution in [1.82, 2.24) is 10.6 Å². The second-order valence-electron chi connectivity index (χ2n) is 10.6. The molecule has 0 spiro atoms. The minimum atomic E-state index is -2.01. The van der Waals surface area contributed by atoms with Crippen LogP contribution >= 0.6 is 0 Å². The van der Waals surface area contributed by atoms with E-state index in [0.29, 0.717) is 32.4 Å². The molecule has 0 saturated carbocycles. The van der Waals surface area contributed by atoms with Gasteiger partial charge in [0.1, 0.15) is 17.2 Å². The zero-order chi connectivity index (χ0) is 29.8. The molecule has 0 aliphatic carbocycles. The number of carboxylic acid groups (broad SMARTS) is 1. The topological polar surface area (TPSA) is 136 Å². The summed E-state index contributed by atoms with van der Waals surface area (Å²) in [5.74, 6) is -4.14. The smallest absolute Gasteiger partial charge is 0.481 e. The fraction of sp³-hybridized carbons (Fsp3) is 0.690. The van der Waals surface area contributed by atoms with Gasteiger partial charge in [0.25, 0.3) is 5.91 Å². The number of unbranched alkanes of at least 4 members (excludes halogenated alkanes) is 12. The van der Waals surface area contributed by atoms with E-state index in [2.05, 4.69) is 10.6 Å². The molecule has 0 unspecified atom stereocenters. The van der Waals surface area contributed by atoms with Crippen molar-refractivity contribution in [2.45, 2.75) is 110 Å². The van der Waals surface area contributed by atoms with E-state index in [9.17, 15) is 23.2 Å². The zero-order valence-corrected chi connectivity index (χ0v) is 23.9. The highest BCUT2D eigenvalue weighted by atomic mass is 19.1. The summed E-state index contributed by atoms with van der Waals surface area (Å²) in [6.45, 7) is 2.63. The largest absolute Gasteiger partial charge is 0.488 e. The highest BCUT2D eigenvalue weighted by molar-refractivity contribution is 6.58. The first-order valence-corrected chi connectivity index (χ1v) is 14.8. The second kappa shape index (κ2) is 21.3. The second-order valence-corrected chi connectivity index (χ2v) is 10.6. The van der Waals surface area contributed by atoms with E-state index >= 15 is 0 Å². The Bertz CT molecular complexity index is 880. The Balaban J connectivity index is 1.91. The molecule has 0 radical (unpaired) electrons. The van der Waals surface area contributed by atoms with Crippen molar-refractivity contribution >= 4 is 30.4 Å². The quantitative estimate of drug-likeness (QED) is 0.0978. The van der Waals surface area contributed by atoms with E-state index in [4.69, 9.17) is 15.2 Å². The highest BCUT2D eigenvalue weighted by Gasteiger charge is 2.22. The summed E-state index contributed by atoms with van der Waals surface area (Å²) in [5.41, 5.74) is -1.07. The van der Waals surface area contributed by atoms with Crippen LogP contribution in [0.3, 0.4) is 0 Å².